The van der Waals surface area contributed by atoms with Crippen LogP contribution in [0.4, 0.5) is 4.79 Å². The minimum atomic E-state index is -0.362. The van der Waals surface area contributed by atoms with E-state index in [1.165, 1.54) is 19.3 Å². The van der Waals surface area contributed by atoms with Crippen LogP contribution in [0.15, 0.2) is 12.3 Å². The maximum absolute atomic E-state index is 11.1. The third-order valence-corrected chi connectivity index (χ3v) is 2.19. The zero-order valence-corrected chi connectivity index (χ0v) is 8.14. The molecular formula is C10H17NO2. The molecule has 0 heterocycles. The third kappa shape index (κ3) is 3.97. The van der Waals surface area contributed by atoms with Crippen molar-refractivity contribution in [1.29, 1.82) is 0 Å². The van der Waals surface area contributed by atoms with Gasteiger partial charge >= 0.3 is 6.09 Å². The quantitative estimate of drug-likeness (QED) is 0.668. The summed E-state index contributed by atoms with van der Waals surface area (Å²) >= 11 is 0. The fourth-order valence-electron chi connectivity index (χ4n) is 1.60. The molecule has 0 spiro atoms. The molecule has 3 nitrogen and oxygen atoms in total. The summed E-state index contributed by atoms with van der Waals surface area (Å²) in [5.74, 6) is 0.438. The van der Waals surface area contributed by atoms with Gasteiger partial charge in [0.1, 0.15) is 0 Å². The van der Waals surface area contributed by atoms with E-state index in [-0.39, 0.29) is 6.09 Å². The van der Waals surface area contributed by atoms with Crippen LogP contribution in [0.1, 0.15) is 39.0 Å². The summed E-state index contributed by atoms with van der Waals surface area (Å²) < 4.78 is 4.81. The van der Waals surface area contributed by atoms with Gasteiger partial charge in [0.05, 0.1) is 5.76 Å². The Bertz CT molecular complexity index is 195. The van der Waals surface area contributed by atoms with Gasteiger partial charge in [-0.2, -0.15) is 0 Å². The summed E-state index contributed by atoms with van der Waals surface area (Å²) in [7, 11) is 0. The molecule has 1 saturated carbocycles. The highest BCUT2D eigenvalue weighted by atomic mass is 16.6. The first kappa shape index (κ1) is 10.1. The van der Waals surface area contributed by atoms with Crippen molar-refractivity contribution in [2.24, 2.45) is 0 Å². The largest absolute Gasteiger partial charge is 0.416 e. The van der Waals surface area contributed by atoms with Crippen LogP contribution in [0, 0.1) is 0 Å². The van der Waals surface area contributed by atoms with Gasteiger partial charge in [-0.1, -0.05) is 25.8 Å². The average molecular weight is 183 g/mol. The number of hydrogen-bond donors (Lipinski definition) is 1. The molecule has 1 amide bonds. The maximum Gasteiger partial charge on any atom is 0.412 e. The monoisotopic (exact) mass is 183 g/mol. The van der Waals surface area contributed by atoms with E-state index in [1.54, 1.807) is 6.92 Å². The Morgan fingerprint density at radius 3 is 2.54 bits per heavy atom. The average Bonchev–Trinajstić information content (AvgIpc) is 2.04. The van der Waals surface area contributed by atoms with Gasteiger partial charge in [0, 0.05) is 6.04 Å². The molecule has 1 fully saturated rings. The van der Waals surface area contributed by atoms with Crippen LogP contribution in [0.3, 0.4) is 0 Å². The fraction of sp³-hybridized carbons (Fsp3) is 0.700. The second kappa shape index (κ2) is 4.90. The summed E-state index contributed by atoms with van der Waals surface area (Å²) in [6.07, 6.45) is 5.49. The summed E-state index contributed by atoms with van der Waals surface area (Å²) in [4.78, 5) is 11.1. The van der Waals surface area contributed by atoms with Gasteiger partial charge in [-0.05, 0) is 19.8 Å². The Labute approximate surface area is 79.2 Å². The molecule has 13 heavy (non-hydrogen) atoms. The molecule has 3 heteroatoms. The van der Waals surface area contributed by atoms with Crippen LogP contribution in [0.2, 0.25) is 0 Å². The molecule has 1 rings (SSSR count). The van der Waals surface area contributed by atoms with Crippen LogP contribution in [0.25, 0.3) is 0 Å². The summed E-state index contributed by atoms with van der Waals surface area (Å²) in [6.45, 7) is 5.17. The van der Waals surface area contributed by atoms with Crippen LogP contribution in [-0.2, 0) is 4.74 Å². The van der Waals surface area contributed by atoms with Gasteiger partial charge in [-0.3, -0.25) is 0 Å². The third-order valence-electron chi connectivity index (χ3n) is 2.19. The highest BCUT2D eigenvalue weighted by Gasteiger charge is 2.15. The summed E-state index contributed by atoms with van der Waals surface area (Å²) in [6, 6.07) is 0.306. The number of hydrogen-bond acceptors (Lipinski definition) is 2. The molecular weight excluding hydrogens is 166 g/mol. The van der Waals surface area contributed by atoms with Gasteiger partial charge in [0.15, 0.2) is 0 Å². The van der Waals surface area contributed by atoms with E-state index in [0.29, 0.717) is 11.8 Å². The molecule has 0 unspecified atom stereocenters. The van der Waals surface area contributed by atoms with E-state index in [9.17, 15) is 4.79 Å². The van der Waals surface area contributed by atoms with E-state index in [2.05, 4.69) is 11.9 Å². The lowest BCUT2D eigenvalue weighted by molar-refractivity contribution is 0.168. The smallest absolute Gasteiger partial charge is 0.412 e. The van der Waals surface area contributed by atoms with Crippen molar-refractivity contribution >= 4 is 6.09 Å². The number of ether oxygens (including phenoxy) is 1. The minimum absolute atomic E-state index is 0.306. The van der Waals surface area contributed by atoms with Crippen molar-refractivity contribution in [3.8, 4) is 0 Å². The first-order chi connectivity index (χ1) is 6.18. The van der Waals surface area contributed by atoms with E-state index >= 15 is 0 Å². The van der Waals surface area contributed by atoms with Gasteiger partial charge in [-0.25, -0.2) is 4.79 Å². The molecule has 0 aromatic rings. The lowest BCUT2D eigenvalue weighted by atomic mass is 9.96. The molecule has 0 bridgehead atoms. The predicted molar refractivity (Wildman–Crippen MR) is 51.3 cm³/mol. The Balaban J connectivity index is 2.22. The maximum atomic E-state index is 11.1. The highest BCUT2D eigenvalue weighted by molar-refractivity contribution is 5.68. The van der Waals surface area contributed by atoms with Crippen molar-refractivity contribution in [3.05, 3.63) is 12.3 Å². The molecule has 1 aliphatic carbocycles. The van der Waals surface area contributed by atoms with Crippen LogP contribution >= 0.6 is 0 Å². The minimum Gasteiger partial charge on any atom is -0.416 e. The Morgan fingerprint density at radius 1 is 1.38 bits per heavy atom. The SMILES string of the molecule is C=C(C)OC(=O)NC1CCCCC1. The molecule has 0 atom stereocenters. The molecule has 0 aliphatic heterocycles. The Morgan fingerprint density at radius 2 is 2.00 bits per heavy atom. The van der Waals surface area contributed by atoms with Gasteiger partial charge in [0.25, 0.3) is 0 Å². The van der Waals surface area contributed by atoms with Gasteiger partial charge in [0.2, 0.25) is 0 Å². The van der Waals surface area contributed by atoms with Crippen LogP contribution in [-0.4, -0.2) is 12.1 Å². The molecule has 1 N–H and O–H groups in total. The number of alkyl carbamates (subject to hydrolysis) is 1. The Kier molecular flexibility index (Phi) is 3.80. The first-order valence-electron chi connectivity index (χ1n) is 4.82. The molecule has 0 radical (unpaired) electrons. The van der Waals surface area contributed by atoms with Crippen LogP contribution in [0.5, 0.6) is 0 Å². The van der Waals surface area contributed by atoms with Crippen molar-refractivity contribution in [2.45, 2.75) is 45.1 Å². The zero-order valence-electron chi connectivity index (χ0n) is 8.14. The Hall–Kier alpha value is -0.990. The lowest BCUT2D eigenvalue weighted by Gasteiger charge is -2.22. The lowest BCUT2D eigenvalue weighted by Crippen LogP contribution is -2.36. The second-order valence-corrected chi connectivity index (χ2v) is 3.57. The van der Waals surface area contributed by atoms with E-state index in [0.717, 1.165) is 12.8 Å². The molecule has 0 aromatic carbocycles. The summed E-state index contributed by atoms with van der Waals surface area (Å²) in [5.41, 5.74) is 0. The molecule has 1 aliphatic rings. The number of amides is 1. The highest BCUT2D eigenvalue weighted by Crippen LogP contribution is 2.17. The molecule has 0 saturated heterocycles. The van der Waals surface area contributed by atoms with Crippen molar-refractivity contribution < 1.29 is 9.53 Å². The standard InChI is InChI=1S/C10H17NO2/c1-8(2)13-10(12)11-9-6-4-3-5-7-9/h9H,1,3-7H2,2H3,(H,11,12). The fourth-order valence-corrected chi connectivity index (χ4v) is 1.60. The van der Waals surface area contributed by atoms with E-state index in [1.807, 2.05) is 0 Å². The van der Waals surface area contributed by atoms with Crippen molar-refractivity contribution in [3.63, 3.8) is 0 Å². The molecule has 0 aromatic heterocycles. The summed E-state index contributed by atoms with van der Waals surface area (Å²) in [5, 5.41) is 2.83. The zero-order chi connectivity index (χ0) is 9.68. The van der Waals surface area contributed by atoms with Crippen molar-refractivity contribution in [1.82, 2.24) is 5.32 Å². The first-order valence-corrected chi connectivity index (χ1v) is 4.82. The van der Waals surface area contributed by atoms with Gasteiger partial charge < -0.3 is 10.1 Å². The van der Waals surface area contributed by atoms with Crippen molar-refractivity contribution in [2.75, 3.05) is 0 Å². The van der Waals surface area contributed by atoms with Gasteiger partial charge in [-0.15, -0.1) is 0 Å². The van der Waals surface area contributed by atoms with Crippen LogP contribution < -0.4 is 5.32 Å². The second-order valence-electron chi connectivity index (χ2n) is 3.57. The number of carbonyl (C=O) groups is 1. The number of nitrogens with one attached hydrogen (secondary N) is 1. The topological polar surface area (TPSA) is 38.3 Å². The normalized spacial score (nSPS) is 17.9. The number of allylic oxidation sites excluding steroid dienone is 1. The van der Waals surface area contributed by atoms with E-state index in [4.69, 9.17) is 4.74 Å². The van der Waals surface area contributed by atoms with E-state index < -0.39 is 0 Å². The number of carbonyl (C=O) groups excluding carboxylic acids is 1. The number of rotatable bonds is 2. The predicted octanol–water partition coefficient (Wildman–Crippen LogP) is 2.58. The molecule has 74 valence electrons.